The molecule has 0 radical (unpaired) electrons. The minimum Gasteiger partial charge on any atom is -0.488 e. The quantitative estimate of drug-likeness (QED) is 0.154. The first-order chi connectivity index (χ1) is 21.3. The number of fused-ring (bicyclic) bond motifs is 1. The number of carbonyl (C=O) groups excluding carboxylic acids is 1. The lowest BCUT2D eigenvalue weighted by molar-refractivity contribution is -0.138. The average molecular weight is 727 g/mol. The van der Waals surface area contributed by atoms with Crippen molar-refractivity contribution in [3.8, 4) is 5.75 Å². The van der Waals surface area contributed by atoms with E-state index in [2.05, 4.69) is 15.9 Å². The van der Waals surface area contributed by atoms with Crippen LogP contribution in [0.5, 0.6) is 5.75 Å². The van der Waals surface area contributed by atoms with Gasteiger partial charge in [0.05, 0.1) is 36.9 Å². The molecule has 6 rings (SSSR count). The fourth-order valence-electron chi connectivity index (χ4n) is 4.82. The molecule has 3 aromatic carbocycles. The summed E-state index contributed by atoms with van der Waals surface area (Å²) >= 11 is 18.5. The van der Waals surface area contributed by atoms with Crippen LogP contribution in [0.4, 0.5) is 0 Å². The maximum absolute atomic E-state index is 14.0. The molecule has 6 nitrogen and oxygen atoms in total. The fraction of sp³-hybridized carbons (Fsp3) is 0.121. The predicted molar refractivity (Wildman–Crippen MR) is 180 cm³/mol. The number of carbonyl (C=O) groups is 1. The molecule has 1 aliphatic rings. The average Bonchev–Trinajstić information content (AvgIpc) is 3.66. The monoisotopic (exact) mass is 724 g/mol. The molecule has 0 spiro atoms. The zero-order valence-electron chi connectivity index (χ0n) is 23.1. The highest BCUT2D eigenvalue weighted by molar-refractivity contribution is 9.10. The number of thiophene rings is 1. The van der Waals surface area contributed by atoms with Crippen molar-refractivity contribution < 1.29 is 14.3 Å². The van der Waals surface area contributed by atoms with Gasteiger partial charge in [-0.2, -0.15) is 0 Å². The van der Waals surface area contributed by atoms with E-state index in [0.717, 1.165) is 26.0 Å². The van der Waals surface area contributed by atoms with Gasteiger partial charge in [-0.25, -0.2) is 9.79 Å². The van der Waals surface area contributed by atoms with Crippen LogP contribution in [0.15, 0.2) is 104 Å². The SMILES string of the molecule is CCOC(=O)C1=C(c2ccccc2)N=c2s/c(=C\c3ccc(OCc4ccc(Cl)c(Cl)c4)c(Br)c3)c(=O)n2[C@@H]1c1cccs1. The minimum atomic E-state index is -0.675. The Morgan fingerprint density at radius 3 is 2.57 bits per heavy atom. The van der Waals surface area contributed by atoms with E-state index in [-0.39, 0.29) is 12.2 Å². The Balaban J connectivity index is 1.41. The molecular weight excluding hydrogens is 703 g/mol. The standard InChI is InChI=1S/C33H23BrCl2N2O4S2/c1-2-41-32(40)28-29(21-7-4-3-5-8-21)37-33-38(30(28)26-9-6-14-43-26)31(39)27(44-33)17-19-11-13-25(22(34)15-19)42-18-20-10-12-23(35)24(36)16-20/h3-17,30H,2,18H2,1H3/b27-17-/t30-/m1/s1. The van der Waals surface area contributed by atoms with Crippen LogP contribution in [0, 0.1) is 0 Å². The van der Waals surface area contributed by atoms with E-state index < -0.39 is 12.0 Å². The smallest absolute Gasteiger partial charge is 0.338 e. The van der Waals surface area contributed by atoms with Crippen LogP contribution in [0.2, 0.25) is 10.0 Å². The van der Waals surface area contributed by atoms with E-state index in [0.29, 0.717) is 43.0 Å². The Labute approximate surface area is 279 Å². The van der Waals surface area contributed by atoms with Crippen molar-refractivity contribution >= 4 is 79.5 Å². The van der Waals surface area contributed by atoms with Crippen LogP contribution in [0.1, 0.15) is 34.5 Å². The first-order valence-corrected chi connectivity index (χ1v) is 16.8. The van der Waals surface area contributed by atoms with Crippen LogP contribution < -0.4 is 19.6 Å². The number of hydrogen-bond acceptors (Lipinski definition) is 7. The van der Waals surface area contributed by atoms with Gasteiger partial charge in [0.1, 0.15) is 18.4 Å². The highest BCUT2D eigenvalue weighted by atomic mass is 79.9. The van der Waals surface area contributed by atoms with E-state index in [4.69, 9.17) is 37.7 Å². The van der Waals surface area contributed by atoms with Gasteiger partial charge >= 0.3 is 5.97 Å². The second-order valence-electron chi connectivity index (χ2n) is 9.67. The number of thiazole rings is 1. The zero-order valence-corrected chi connectivity index (χ0v) is 27.9. The third-order valence-electron chi connectivity index (χ3n) is 6.82. The molecule has 0 saturated carbocycles. The van der Waals surface area contributed by atoms with Crippen molar-refractivity contribution in [3.63, 3.8) is 0 Å². The Morgan fingerprint density at radius 1 is 1.05 bits per heavy atom. The molecule has 0 bridgehead atoms. The summed E-state index contributed by atoms with van der Waals surface area (Å²) in [6.07, 6.45) is 1.82. The number of aromatic nitrogens is 1. The largest absolute Gasteiger partial charge is 0.488 e. The Hall–Kier alpha value is -3.47. The summed E-state index contributed by atoms with van der Waals surface area (Å²) in [7, 11) is 0. The first-order valence-electron chi connectivity index (χ1n) is 13.5. The molecular formula is C33H23BrCl2N2O4S2. The Kier molecular flexibility index (Phi) is 9.21. The van der Waals surface area contributed by atoms with Gasteiger partial charge in [0.15, 0.2) is 4.80 Å². The number of ether oxygens (including phenoxy) is 2. The third kappa shape index (κ3) is 6.20. The van der Waals surface area contributed by atoms with Crippen molar-refractivity contribution in [2.45, 2.75) is 19.6 Å². The highest BCUT2D eigenvalue weighted by Crippen LogP contribution is 2.37. The molecule has 0 amide bonds. The molecule has 0 aliphatic carbocycles. The molecule has 1 atom stereocenters. The molecule has 0 unspecified atom stereocenters. The lowest BCUT2D eigenvalue weighted by atomic mass is 9.97. The summed E-state index contributed by atoms with van der Waals surface area (Å²) in [4.78, 5) is 33.7. The van der Waals surface area contributed by atoms with Gasteiger partial charge in [0.2, 0.25) is 0 Å². The number of rotatable bonds is 8. The lowest BCUT2D eigenvalue weighted by Crippen LogP contribution is -2.39. The summed E-state index contributed by atoms with van der Waals surface area (Å²) < 4.78 is 14.3. The predicted octanol–water partition coefficient (Wildman–Crippen LogP) is 7.65. The maximum atomic E-state index is 14.0. The molecule has 222 valence electrons. The van der Waals surface area contributed by atoms with Crippen molar-refractivity contribution in [3.05, 3.63) is 146 Å². The molecule has 0 N–H and O–H groups in total. The summed E-state index contributed by atoms with van der Waals surface area (Å²) in [5, 5.41) is 2.88. The van der Waals surface area contributed by atoms with Crippen molar-refractivity contribution in [1.29, 1.82) is 0 Å². The molecule has 2 aromatic heterocycles. The lowest BCUT2D eigenvalue weighted by Gasteiger charge is -2.24. The van der Waals surface area contributed by atoms with Crippen LogP contribution in [-0.2, 0) is 16.1 Å². The molecule has 1 aliphatic heterocycles. The molecule has 11 heteroatoms. The van der Waals surface area contributed by atoms with Gasteiger partial charge in [-0.1, -0.05) is 83.1 Å². The van der Waals surface area contributed by atoms with Crippen LogP contribution >= 0.6 is 61.8 Å². The van der Waals surface area contributed by atoms with Gasteiger partial charge in [-0.3, -0.25) is 9.36 Å². The highest BCUT2D eigenvalue weighted by Gasteiger charge is 2.35. The summed E-state index contributed by atoms with van der Waals surface area (Å²) in [5.41, 5.74) is 3.05. The molecule has 0 saturated heterocycles. The van der Waals surface area contributed by atoms with Gasteiger partial charge in [0.25, 0.3) is 5.56 Å². The number of benzene rings is 3. The van der Waals surface area contributed by atoms with Crippen molar-refractivity contribution in [2.75, 3.05) is 6.61 Å². The second-order valence-corrected chi connectivity index (χ2v) is 13.3. The number of hydrogen-bond donors (Lipinski definition) is 0. The van der Waals surface area contributed by atoms with Crippen LogP contribution in [0.25, 0.3) is 11.8 Å². The molecule has 3 heterocycles. The van der Waals surface area contributed by atoms with E-state index in [1.165, 1.54) is 22.7 Å². The van der Waals surface area contributed by atoms with Gasteiger partial charge in [0, 0.05) is 10.4 Å². The number of esters is 1. The number of nitrogens with zero attached hydrogens (tertiary/aromatic N) is 2. The van der Waals surface area contributed by atoms with Gasteiger partial charge < -0.3 is 9.47 Å². The van der Waals surface area contributed by atoms with Crippen molar-refractivity contribution in [2.24, 2.45) is 4.99 Å². The Bertz CT molecular complexity index is 2070. The van der Waals surface area contributed by atoms with Gasteiger partial charge in [-0.05, 0) is 75.8 Å². The zero-order chi connectivity index (χ0) is 30.8. The van der Waals surface area contributed by atoms with E-state index in [9.17, 15) is 9.59 Å². The molecule has 44 heavy (non-hydrogen) atoms. The normalized spacial score (nSPS) is 14.7. The van der Waals surface area contributed by atoms with Crippen LogP contribution in [0.3, 0.4) is 0 Å². The Morgan fingerprint density at radius 2 is 1.86 bits per heavy atom. The van der Waals surface area contributed by atoms with E-state index >= 15 is 0 Å². The molecule has 0 fully saturated rings. The summed E-state index contributed by atoms with van der Waals surface area (Å²) in [6, 6.07) is 23.6. The van der Waals surface area contributed by atoms with E-state index in [1.807, 2.05) is 78.2 Å². The summed E-state index contributed by atoms with van der Waals surface area (Å²) in [6.45, 7) is 2.27. The first kappa shape index (κ1) is 30.6. The summed E-state index contributed by atoms with van der Waals surface area (Å²) in [5.74, 6) is 0.141. The minimum absolute atomic E-state index is 0.202. The van der Waals surface area contributed by atoms with Gasteiger partial charge in [-0.15, -0.1) is 11.3 Å². The molecule has 5 aromatic rings. The van der Waals surface area contributed by atoms with Crippen molar-refractivity contribution in [1.82, 2.24) is 4.57 Å². The maximum Gasteiger partial charge on any atom is 0.338 e. The number of halogens is 3. The second kappa shape index (κ2) is 13.3. The van der Waals surface area contributed by atoms with Crippen LogP contribution in [-0.4, -0.2) is 17.1 Å². The fourth-order valence-corrected chi connectivity index (χ4v) is 7.48. The third-order valence-corrected chi connectivity index (χ3v) is 10.1. The van der Waals surface area contributed by atoms with E-state index in [1.54, 1.807) is 23.6 Å². The topological polar surface area (TPSA) is 69.9 Å².